The van der Waals surface area contributed by atoms with Crippen LogP contribution in [-0.4, -0.2) is 72.0 Å². The summed E-state index contributed by atoms with van der Waals surface area (Å²) in [5, 5.41) is 1.23. The molecular weight excluding hydrogens is 455 g/mol. The van der Waals surface area contributed by atoms with Crippen LogP contribution in [0, 0.1) is 0 Å². The SMILES string of the molecule is CCN(CCN(C)C1CCN(C)CC1)c1cnc2cc(CN)c(-c3ccc(Cl)cc3Cl)cn12. The summed E-state index contributed by atoms with van der Waals surface area (Å²) in [6.07, 6.45) is 6.55. The number of fused-ring (bicyclic) bond motifs is 1. The molecule has 33 heavy (non-hydrogen) atoms. The summed E-state index contributed by atoms with van der Waals surface area (Å²) >= 11 is 12.7. The van der Waals surface area contributed by atoms with Crippen molar-refractivity contribution in [1.29, 1.82) is 0 Å². The molecule has 1 fully saturated rings. The third-order valence-corrected chi connectivity index (χ3v) is 7.44. The maximum absolute atomic E-state index is 6.55. The molecule has 1 saturated heterocycles. The number of rotatable bonds is 8. The van der Waals surface area contributed by atoms with E-state index in [0.29, 0.717) is 22.6 Å². The molecule has 1 aromatic carbocycles. The first-order chi connectivity index (χ1) is 15.9. The van der Waals surface area contributed by atoms with Crippen molar-refractivity contribution in [3.05, 3.63) is 52.3 Å². The molecule has 0 radical (unpaired) electrons. The molecule has 6 nitrogen and oxygen atoms in total. The van der Waals surface area contributed by atoms with E-state index in [1.165, 1.54) is 25.9 Å². The van der Waals surface area contributed by atoms with E-state index >= 15 is 0 Å². The topological polar surface area (TPSA) is 53.0 Å². The third-order valence-electron chi connectivity index (χ3n) is 6.89. The second-order valence-corrected chi connectivity index (χ2v) is 9.82. The van der Waals surface area contributed by atoms with E-state index in [4.69, 9.17) is 28.9 Å². The Hall–Kier alpha value is -1.83. The number of benzene rings is 1. The van der Waals surface area contributed by atoms with Crippen LogP contribution in [0.4, 0.5) is 5.82 Å². The van der Waals surface area contributed by atoms with E-state index in [2.05, 4.69) is 57.4 Å². The molecule has 178 valence electrons. The second-order valence-electron chi connectivity index (χ2n) is 8.98. The first kappa shape index (κ1) is 24.3. The lowest BCUT2D eigenvalue weighted by atomic mass is 10.0. The molecule has 0 unspecified atom stereocenters. The van der Waals surface area contributed by atoms with E-state index in [1.54, 1.807) is 6.07 Å². The molecule has 8 heteroatoms. The summed E-state index contributed by atoms with van der Waals surface area (Å²) in [6.45, 7) is 7.84. The maximum Gasteiger partial charge on any atom is 0.138 e. The minimum absolute atomic E-state index is 0.409. The van der Waals surface area contributed by atoms with Crippen molar-refractivity contribution in [2.45, 2.75) is 32.4 Å². The van der Waals surface area contributed by atoms with Gasteiger partial charge in [0.1, 0.15) is 11.5 Å². The molecule has 0 spiro atoms. The number of likely N-dealkylation sites (tertiary alicyclic amines) is 1. The van der Waals surface area contributed by atoms with Crippen LogP contribution in [0.25, 0.3) is 16.8 Å². The van der Waals surface area contributed by atoms with E-state index in [-0.39, 0.29) is 0 Å². The van der Waals surface area contributed by atoms with Gasteiger partial charge in [0.25, 0.3) is 0 Å². The summed E-state index contributed by atoms with van der Waals surface area (Å²) in [6, 6.07) is 8.31. The fourth-order valence-corrected chi connectivity index (χ4v) is 5.25. The zero-order valence-corrected chi connectivity index (χ0v) is 21.3. The number of halogens is 2. The number of hydrogen-bond acceptors (Lipinski definition) is 5. The number of nitrogens with two attached hydrogens (primary N) is 1. The highest BCUT2D eigenvalue weighted by atomic mass is 35.5. The van der Waals surface area contributed by atoms with Gasteiger partial charge in [-0.15, -0.1) is 0 Å². The van der Waals surface area contributed by atoms with Gasteiger partial charge in [-0.2, -0.15) is 0 Å². The monoisotopic (exact) mass is 488 g/mol. The van der Waals surface area contributed by atoms with Crippen molar-refractivity contribution in [1.82, 2.24) is 19.2 Å². The van der Waals surface area contributed by atoms with E-state index in [0.717, 1.165) is 47.8 Å². The number of pyridine rings is 1. The fourth-order valence-electron chi connectivity index (χ4n) is 4.74. The molecule has 0 bridgehead atoms. The Labute approximate surface area is 206 Å². The molecule has 0 amide bonds. The minimum atomic E-state index is 0.409. The molecule has 1 aliphatic rings. The van der Waals surface area contributed by atoms with Gasteiger partial charge in [0.05, 0.1) is 6.20 Å². The van der Waals surface area contributed by atoms with Gasteiger partial charge in [0.15, 0.2) is 0 Å². The van der Waals surface area contributed by atoms with Gasteiger partial charge in [0, 0.05) is 59.6 Å². The Morgan fingerprint density at radius 2 is 1.88 bits per heavy atom. The van der Waals surface area contributed by atoms with Crippen LogP contribution >= 0.6 is 23.2 Å². The number of hydrogen-bond donors (Lipinski definition) is 1. The van der Waals surface area contributed by atoms with Crippen LogP contribution in [0.2, 0.25) is 10.0 Å². The number of likely N-dealkylation sites (N-methyl/N-ethyl adjacent to an activating group) is 2. The van der Waals surface area contributed by atoms with Crippen molar-refractivity contribution in [2.24, 2.45) is 5.73 Å². The predicted octanol–water partition coefficient (Wildman–Crippen LogP) is 4.62. The first-order valence-corrected chi connectivity index (χ1v) is 12.5. The number of aromatic nitrogens is 2. The Morgan fingerprint density at radius 1 is 1.12 bits per heavy atom. The summed E-state index contributed by atoms with van der Waals surface area (Å²) in [4.78, 5) is 12.0. The van der Waals surface area contributed by atoms with Crippen LogP contribution in [0.15, 0.2) is 36.7 Å². The standard InChI is InChI=1S/C25H34Cl2N6/c1-4-32(12-11-31(3)20-7-9-30(2)10-8-20)25-16-29-24-13-18(15-28)22(17-33(24)25)21-6-5-19(26)14-23(21)27/h5-6,13-14,16-17,20H,4,7-12,15,28H2,1-3H3. The summed E-state index contributed by atoms with van der Waals surface area (Å²) in [5.74, 6) is 1.08. The highest BCUT2D eigenvalue weighted by Gasteiger charge is 2.21. The molecular formula is C25H34Cl2N6. The fraction of sp³-hybridized carbons (Fsp3) is 0.480. The van der Waals surface area contributed by atoms with Gasteiger partial charge in [-0.25, -0.2) is 4.98 Å². The molecule has 3 heterocycles. The Kier molecular flexibility index (Phi) is 7.82. The van der Waals surface area contributed by atoms with Crippen LogP contribution in [-0.2, 0) is 6.54 Å². The molecule has 2 aromatic heterocycles. The summed E-state index contributed by atoms with van der Waals surface area (Å²) in [5.41, 5.74) is 9.91. The van der Waals surface area contributed by atoms with Gasteiger partial charge >= 0.3 is 0 Å². The lowest BCUT2D eigenvalue weighted by molar-refractivity contribution is 0.146. The quantitative estimate of drug-likeness (QED) is 0.501. The molecule has 0 aliphatic carbocycles. The normalized spacial score (nSPS) is 15.6. The van der Waals surface area contributed by atoms with E-state index in [1.807, 2.05) is 18.3 Å². The Balaban J connectivity index is 1.60. The summed E-state index contributed by atoms with van der Waals surface area (Å²) < 4.78 is 2.15. The highest BCUT2D eigenvalue weighted by molar-refractivity contribution is 6.36. The largest absolute Gasteiger partial charge is 0.355 e. The van der Waals surface area contributed by atoms with Gasteiger partial charge < -0.3 is 20.4 Å². The number of piperidine rings is 1. The third kappa shape index (κ3) is 5.31. The second kappa shape index (κ2) is 10.6. The number of nitrogens with zero attached hydrogens (tertiary/aromatic N) is 5. The van der Waals surface area contributed by atoms with E-state index in [9.17, 15) is 0 Å². The predicted molar refractivity (Wildman–Crippen MR) is 140 cm³/mol. The van der Waals surface area contributed by atoms with E-state index < -0.39 is 0 Å². The lowest BCUT2D eigenvalue weighted by Gasteiger charge is -2.36. The van der Waals surface area contributed by atoms with Gasteiger partial charge in [-0.1, -0.05) is 29.3 Å². The Morgan fingerprint density at radius 3 is 2.55 bits per heavy atom. The Bertz CT molecular complexity index is 1090. The van der Waals surface area contributed by atoms with Crippen molar-refractivity contribution in [3.8, 4) is 11.1 Å². The van der Waals surface area contributed by atoms with Crippen LogP contribution < -0.4 is 10.6 Å². The smallest absolute Gasteiger partial charge is 0.138 e. The van der Waals surface area contributed by atoms with Crippen LogP contribution in [0.5, 0.6) is 0 Å². The average Bonchev–Trinajstić information content (AvgIpc) is 3.22. The minimum Gasteiger partial charge on any atom is -0.355 e. The van der Waals surface area contributed by atoms with Crippen LogP contribution in [0.3, 0.4) is 0 Å². The highest BCUT2D eigenvalue weighted by Crippen LogP contribution is 2.34. The molecule has 4 rings (SSSR count). The van der Waals surface area contributed by atoms with Gasteiger partial charge in [-0.05, 0) is 70.7 Å². The van der Waals surface area contributed by atoms with Crippen molar-refractivity contribution < 1.29 is 0 Å². The zero-order valence-electron chi connectivity index (χ0n) is 19.8. The number of imidazole rings is 1. The molecule has 0 saturated carbocycles. The van der Waals surface area contributed by atoms with Gasteiger partial charge in [0.2, 0.25) is 0 Å². The maximum atomic E-state index is 6.55. The average molecular weight is 489 g/mol. The molecule has 1 aliphatic heterocycles. The molecule has 2 N–H and O–H groups in total. The lowest BCUT2D eigenvalue weighted by Crippen LogP contribution is -2.44. The molecule has 3 aromatic rings. The summed E-state index contributed by atoms with van der Waals surface area (Å²) in [7, 11) is 4.47. The molecule has 0 atom stereocenters. The first-order valence-electron chi connectivity index (χ1n) is 11.7. The van der Waals surface area contributed by atoms with Crippen molar-refractivity contribution >= 4 is 34.7 Å². The zero-order chi connectivity index (χ0) is 23.5. The van der Waals surface area contributed by atoms with Crippen molar-refractivity contribution in [2.75, 3.05) is 51.7 Å². The van der Waals surface area contributed by atoms with Crippen LogP contribution in [0.1, 0.15) is 25.3 Å². The number of anilines is 1. The van der Waals surface area contributed by atoms with Crippen molar-refractivity contribution in [3.63, 3.8) is 0 Å². The van der Waals surface area contributed by atoms with Gasteiger partial charge in [-0.3, -0.25) is 4.40 Å².